The van der Waals surface area contributed by atoms with Gasteiger partial charge in [0.05, 0.1) is 12.8 Å². The van der Waals surface area contributed by atoms with E-state index in [4.69, 9.17) is 4.74 Å². The Bertz CT molecular complexity index is 765. The molecule has 28 heavy (non-hydrogen) atoms. The molecule has 1 aromatic carbocycles. The van der Waals surface area contributed by atoms with Crippen molar-refractivity contribution in [1.82, 2.24) is 20.0 Å². The summed E-state index contributed by atoms with van der Waals surface area (Å²) in [5.74, 6) is 0.685. The Morgan fingerprint density at radius 2 is 2.11 bits per heavy atom. The minimum Gasteiger partial charge on any atom is -0.497 e. The van der Waals surface area contributed by atoms with E-state index in [0.717, 1.165) is 37.6 Å². The van der Waals surface area contributed by atoms with Gasteiger partial charge in [-0.2, -0.15) is 5.10 Å². The third-order valence-electron chi connectivity index (χ3n) is 5.42. The number of halogens is 1. The predicted octanol–water partition coefficient (Wildman–Crippen LogP) is 2.75. The largest absolute Gasteiger partial charge is 0.497 e. The third kappa shape index (κ3) is 5.10. The number of rotatable bonds is 8. The minimum absolute atomic E-state index is 0.127. The van der Waals surface area contributed by atoms with E-state index in [0.29, 0.717) is 30.2 Å². The van der Waals surface area contributed by atoms with Crippen LogP contribution >= 0.6 is 0 Å². The molecule has 0 spiro atoms. The van der Waals surface area contributed by atoms with Crippen molar-refractivity contribution in [3.63, 3.8) is 0 Å². The molecule has 1 aromatic heterocycles. The maximum absolute atomic E-state index is 14.4. The number of aromatic nitrogens is 2. The van der Waals surface area contributed by atoms with Gasteiger partial charge in [-0.25, -0.2) is 4.39 Å². The monoisotopic (exact) mass is 390 g/mol. The lowest BCUT2D eigenvalue weighted by Gasteiger charge is -2.41. The number of H-pyrrole nitrogens is 1. The number of benzene rings is 1. The van der Waals surface area contributed by atoms with Gasteiger partial charge in [-0.3, -0.25) is 14.9 Å². The maximum Gasteiger partial charge on any atom is 0.131 e. The summed E-state index contributed by atoms with van der Waals surface area (Å²) in [5, 5.41) is 17.0. The summed E-state index contributed by atoms with van der Waals surface area (Å²) in [6, 6.07) is 7.32. The highest BCUT2D eigenvalue weighted by Gasteiger charge is 2.27. The van der Waals surface area contributed by atoms with Gasteiger partial charge < -0.3 is 9.84 Å². The molecule has 1 atom stereocenters. The lowest BCUT2D eigenvalue weighted by Crippen LogP contribution is -2.52. The lowest BCUT2D eigenvalue weighted by atomic mass is 10.1. The smallest absolute Gasteiger partial charge is 0.131 e. The first-order valence-corrected chi connectivity index (χ1v) is 9.94. The number of aliphatic hydroxyl groups is 1. The molecule has 154 valence electrons. The van der Waals surface area contributed by atoms with Crippen LogP contribution in [-0.4, -0.2) is 64.5 Å². The van der Waals surface area contributed by atoms with Crippen LogP contribution in [0.3, 0.4) is 0 Å². The summed E-state index contributed by atoms with van der Waals surface area (Å²) in [6.07, 6.45) is 0.675. The molecule has 1 fully saturated rings. The van der Waals surface area contributed by atoms with Crippen LogP contribution in [-0.2, 0) is 13.1 Å². The molecule has 2 aromatic rings. The van der Waals surface area contributed by atoms with Gasteiger partial charge in [-0.05, 0) is 24.5 Å². The van der Waals surface area contributed by atoms with Crippen LogP contribution in [0.25, 0.3) is 0 Å². The van der Waals surface area contributed by atoms with Crippen LogP contribution < -0.4 is 4.74 Å². The quantitative estimate of drug-likeness (QED) is 0.726. The zero-order valence-electron chi connectivity index (χ0n) is 17.0. The summed E-state index contributed by atoms with van der Waals surface area (Å²) >= 11 is 0. The first-order valence-electron chi connectivity index (χ1n) is 9.94. The molecule has 1 aliphatic heterocycles. The van der Waals surface area contributed by atoms with Crippen molar-refractivity contribution in [3.8, 4) is 5.75 Å². The fourth-order valence-electron chi connectivity index (χ4n) is 3.73. The summed E-state index contributed by atoms with van der Waals surface area (Å²) < 4.78 is 19.4. The average molecular weight is 391 g/mol. The lowest BCUT2D eigenvalue weighted by molar-refractivity contribution is 0.0487. The van der Waals surface area contributed by atoms with E-state index in [1.807, 2.05) is 0 Å². The van der Waals surface area contributed by atoms with Crippen LogP contribution in [0.4, 0.5) is 4.39 Å². The Hall–Kier alpha value is -1.96. The SMILES string of the molecule is COc1ccc(CN2CCN(Cc3cc(C(C)C)n[nH]3)C[C@@H]2CCO)c(F)c1. The highest BCUT2D eigenvalue weighted by Crippen LogP contribution is 2.22. The Kier molecular flexibility index (Phi) is 7.04. The zero-order valence-corrected chi connectivity index (χ0v) is 17.0. The summed E-state index contributed by atoms with van der Waals surface area (Å²) in [4.78, 5) is 4.64. The number of aliphatic hydroxyl groups excluding tert-OH is 1. The zero-order chi connectivity index (χ0) is 20.1. The number of piperazine rings is 1. The number of hydrogen-bond donors (Lipinski definition) is 2. The number of methoxy groups -OCH3 is 1. The number of hydrogen-bond acceptors (Lipinski definition) is 5. The van der Waals surface area contributed by atoms with Crippen LogP contribution in [0, 0.1) is 5.82 Å². The molecule has 2 heterocycles. The number of nitrogens with zero attached hydrogens (tertiary/aromatic N) is 3. The molecule has 0 aliphatic carbocycles. The van der Waals surface area contributed by atoms with Gasteiger partial charge in [0.15, 0.2) is 0 Å². The van der Waals surface area contributed by atoms with E-state index in [-0.39, 0.29) is 18.5 Å². The van der Waals surface area contributed by atoms with Crippen LogP contribution in [0.1, 0.15) is 43.1 Å². The van der Waals surface area contributed by atoms with Gasteiger partial charge in [-0.1, -0.05) is 19.9 Å². The maximum atomic E-state index is 14.4. The first-order chi connectivity index (χ1) is 13.5. The van der Waals surface area contributed by atoms with Crippen molar-refractivity contribution < 1.29 is 14.2 Å². The molecule has 0 bridgehead atoms. The molecule has 0 amide bonds. The van der Waals surface area contributed by atoms with Crippen molar-refractivity contribution in [2.75, 3.05) is 33.4 Å². The van der Waals surface area contributed by atoms with E-state index in [1.54, 1.807) is 12.1 Å². The molecule has 6 nitrogen and oxygen atoms in total. The van der Waals surface area contributed by atoms with E-state index in [9.17, 15) is 9.50 Å². The number of ether oxygens (including phenoxy) is 1. The fourth-order valence-corrected chi connectivity index (χ4v) is 3.73. The molecule has 0 saturated carbocycles. The highest BCUT2D eigenvalue weighted by molar-refractivity contribution is 5.29. The van der Waals surface area contributed by atoms with E-state index in [2.05, 4.69) is 39.9 Å². The summed E-state index contributed by atoms with van der Waals surface area (Å²) in [5.41, 5.74) is 2.85. The topological polar surface area (TPSA) is 64.6 Å². The van der Waals surface area contributed by atoms with Crippen molar-refractivity contribution in [2.45, 2.75) is 45.3 Å². The summed E-state index contributed by atoms with van der Waals surface area (Å²) in [7, 11) is 1.54. The normalized spacial score (nSPS) is 18.7. The van der Waals surface area contributed by atoms with Gasteiger partial charge in [0.1, 0.15) is 11.6 Å². The van der Waals surface area contributed by atoms with E-state index in [1.165, 1.54) is 13.2 Å². The number of aromatic amines is 1. The molecule has 1 aliphatic rings. The molecule has 3 rings (SSSR count). The first kappa shape index (κ1) is 20.8. The van der Waals surface area contributed by atoms with Crippen molar-refractivity contribution in [1.29, 1.82) is 0 Å². The van der Waals surface area contributed by atoms with Crippen molar-refractivity contribution >= 4 is 0 Å². The van der Waals surface area contributed by atoms with Gasteiger partial charge >= 0.3 is 0 Å². The van der Waals surface area contributed by atoms with Crippen LogP contribution in [0.15, 0.2) is 24.3 Å². The fraction of sp³-hybridized carbons (Fsp3) is 0.571. The van der Waals surface area contributed by atoms with Crippen LogP contribution in [0.2, 0.25) is 0 Å². The third-order valence-corrected chi connectivity index (χ3v) is 5.42. The Labute approximate surface area is 166 Å². The molecule has 0 unspecified atom stereocenters. The molecule has 0 radical (unpaired) electrons. The van der Waals surface area contributed by atoms with Crippen molar-refractivity contribution in [3.05, 3.63) is 47.0 Å². The second-order valence-corrected chi connectivity index (χ2v) is 7.80. The second kappa shape index (κ2) is 9.49. The molecular weight excluding hydrogens is 359 g/mol. The molecule has 1 saturated heterocycles. The predicted molar refractivity (Wildman–Crippen MR) is 107 cm³/mol. The van der Waals surface area contributed by atoms with Gasteiger partial charge in [-0.15, -0.1) is 0 Å². The number of nitrogens with one attached hydrogen (secondary N) is 1. The molecule has 2 N–H and O–H groups in total. The van der Waals surface area contributed by atoms with Gasteiger partial charge in [0.2, 0.25) is 0 Å². The van der Waals surface area contributed by atoms with E-state index < -0.39 is 0 Å². The Balaban J connectivity index is 1.63. The minimum atomic E-state index is -0.247. The average Bonchev–Trinajstić information content (AvgIpc) is 3.14. The second-order valence-electron chi connectivity index (χ2n) is 7.80. The van der Waals surface area contributed by atoms with Gasteiger partial charge in [0, 0.05) is 62.7 Å². The summed E-state index contributed by atoms with van der Waals surface area (Å²) in [6.45, 7) is 8.32. The molecule has 7 heteroatoms. The van der Waals surface area contributed by atoms with Crippen molar-refractivity contribution in [2.24, 2.45) is 0 Å². The van der Waals surface area contributed by atoms with Crippen LogP contribution in [0.5, 0.6) is 5.75 Å². The Morgan fingerprint density at radius 3 is 2.75 bits per heavy atom. The highest BCUT2D eigenvalue weighted by atomic mass is 19.1. The molecular formula is C21H31FN4O2. The van der Waals surface area contributed by atoms with E-state index >= 15 is 0 Å². The standard InChI is InChI=1S/C21H31FN4O2/c1-15(2)21-10-17(23-24-21)13-25-7-8-26(18(14-25)6-9-27)12-16-4-5-19(28-3)11-20(16)22/h4-5,10-11,15,18,27H,6-9,12-14H2,1-3H3,(H,23,24)/t18-/m0/s1. The van der Waals surface area contributed by atoms with Gasteiger partial charge in [0.25, 0.3) is 0 Å². The Morgan fingerprint density at radius 1 is 1.29 bits per heavy atom.